The molecule has 29 rings (SSSR count). The summed E-state index contributed by atoms with van der Waals surface area (Å²) in [7, 11) is 2.14. The lowest BCUT2D eigenvalue weighted by Gasteiger charge is -2.09. The largest absolute Gasteiger partial charge is 0.456 e. The normalized spacial score (nSPS) is 11.6. The summed E-state index contributed by atoms with van der Waals surface area (Å²) < 4.78 is 22.5. The number of fused-ring (bicyclic) bond motifs is 24. The average molecular weight is 1780 g/mol. The summed E-state index contributed by atoms with van der Waals surface area (Å²) in [6.07, 6.45) is 0. The van der Waals surface area contributed by atoms with Crippen LogP contribution in [0.4, 0.5) is 0 Å². The molecule has 0 radical (unpaired) electrons. The fraction of sp³-hybridized carbons (Fsp3) is 0.0382. The fourth-order valence-corrected chi connectivity index (χ4v) is 21.7. The Kier molecular flexibility index (Phi) is 20.6. The molecule has 0 aliphatic carbocycles. The van der Waals surface area contributed by atoms with Crippen LogP contribution in [0, 0.1) is 27.7 Å². The zero-order valence-corrected chi connectivity index (χ0v) is 77.7. The summed E-state index contributed by atoms with van der Waals surface area (Å²) in [6.45, 7) is 8.58. The van der Waals surface area contributed by atoms with E-state index in [1.165, 1.54) is 237 Å². The maximum absolute atomic E-state index is 6.08. The van der Waals surface area contributed by atoms with Gasteiger partial charge in [0.05, 0.1) is 66.2 Å². The van der Waals surface area contributed by atoms with E-state index in [4.69, 9.17) is 4.42 Å². The molecule has 0 bridgehead atoms. The highest BCUT2D eigenvalue weighted by atomic mass is 16.3. The van der Waals surface area contributed by atoms with Crippen molar-refractivity contribution in [3.63, 3.8) is 0 Å². The van der Waals surface area contributed by atoms with Crippen molar-refractivity contribution in [2.24, 2.45) is 7.05 Å². The number of hydrogen-bond donors (Lipinski definition) is 0. The van der Waals surface area contributed by atoms with Crippen molar-refractivity contribution in [1.29, 1.82) is 0 Å². The second-order valence-electron chi connectivity index (χ2n) is 36.6. The van der Waals surface area contributed by atoms with Gasteiger partial charge in [-0.1, -0.05) is 290 Å². The standard InChI is InChI=1S/C37H26N2.C31H21NO.C25H18N2.2C19H15N/c1-25-16-19-35-31(22-25)33-24-27(18-21-37(33)39(35)29-12-6-3-7-13-29)26-17-20-36-32(23-26)30-14-8-9-15-34(30)38(36)28-10-4-2-5-11-28;1-20-11-15-30-26(17-20)27-19-22(13-16-31(27)33-30)21-12-14-29-25(18-21)24-9-5-6-10-28(24)32(29)23-7-3-2-4-8-23;1-26-22-11-5-2-10-20(22)21-16-17(14-15-23(21)26)27-24-12-6-3-8-18(24)19-9-4-7-13-25(19)27;1-14-7-6-8-15(13-14)20-18-11-4-2-9-16(18)17-10-3-5-12-19(17)20;1-14-11-12-19-17(13-14)16-9-5-6-10-18(16)20(19)15-7-3-2-4-8-15/h2-24H,1H3;2-19H,1H3;2-16H,1H3;2*2-13H,1H3. The smallest absolute Gasteiger partial charge is 0.135 e. The molecule has 0 atom stereocenters. The number of furan rings is 1. The zero-order chi connectivity index (χ0) is 92.9. The van der Waals surface area contributed by atoms with Crippen molar-refractivity contribution in [3.05, 3.63) is 508 Å². The van der Waals surface area contributed by atoms with E-state index >= 15 is 0 Å². The van der Waals surface area contributed by atoms with E-state index in [9.17, 15) is 0 Å². The quantitative estimate of drug-likeness (QED) is 0.150. The zero-order valence-electron chi connectivity index (χ0n) is 77.7. The summed E-state index contributed by atoms with van der Waals surface area (Å²) in [5, 5.41) is 20.4. The van der Waals surface area contributed by atoms with Crippen molar-refractivity contribution < 1.29 is 4.42 Å². The van der Waals surface area contributed by atoms with Gasteiger partial charge in [0.15, 0.2) is 0 Å². The van der Waals surface area contributed by atoms with Crippen molar-refractivity contribution in [2.45, 2.75) is 27.7 Å². The van der Waals surface area contributed by atoms with E-state index in [1.54, 1.807) is 0 Å². The molecule has 0 spiro atoms. The van der Waals surface area contributed by atoms with Gasteiger partial charge >= 0.3 is 0 Å². The second kappa shape index (κ2) is 34.5. The minimum Gasteiger partial charge on any atom is -0.456 e. The molecule has 21 aromatic carbocycles. The van der Waals surface area contributed by atoms with Gasteiger partial charge < -0.3 is 36.4 Å². The number of hydrogen-bond acceptors (Lipinski definition) is 1. The molecule has 8 aromatic heterocycles. The first kappa shape index (κ1) is 82.9. The Labute approximate surface area is 804 Å². The van der Waals surface area contributed by atoms with Crippen LogP contribution in [0.5, 0.6) is 0 Å². The Morgan fingerprint density at radius 3 is 0.712 bits per heavy atom. The van der Waals surface area contributed by atoms with Crippen molar-refractivity contribution in [2.75, 3.05) is 0 Å². The predicted octanol–water partition coefficient (Wildman–Crippen LogP) is 35.1. The number of para-hydroxylation sites is 12. The average Bonchev–Trinajstić information content (AvgIpc) is 1.58. The Bertz CT molecular complexity index is 9730. The monoisotopic (exact) mass is 1780 g/mol. The summed E-state index contributed by atoms with van der Waals surface area (Å²) in [5.74, 6) is 0. The van der Waals surface area contributed by atoms with Crippen LogP contribution >= 0.6 is 0 Å². The molecule has 660 valence electrons. The van der Waals surface area contributed by atoms with Crippen LogP contribution in [0.2, 0.25) is 0 Å². The first-order chi connectivity index (χ1) is 68.5. The van der Waals surface area contributed by atoms with Crippen LogP contribution < -0.4 is 0 Å². The number of aromatic nitrogens is 7. The van der Waals surface area contributed by atoms with Crippen LogP contribution in [0.25, 0.3) is 231 Å². The molecule has 0 fully saturated rings. The van der Waals surface area contributed by atoms with Gasteiger partial charge in [-0.15, -0.1) is 0 Å². The molecule has 8 heterocycles. The van der Waals surface area contributed by atoms with Crippen LogP contribution in [0.15, 0.2) is 490 Å². The predicted molar refractivity (Wildman–Crippen MR) is 589 cm³/mol. The van der Waals surface area contributed by atoms with E-state index in [1.807, 2.05) is 0 Å². The van der Waals surface area contributed by atoms with Gasteiger partial charge in [0, 0.05) is 138 Å². The van der Waals surface area contributed by atoms with Crippen molar-refractivity contribution >= 4 is 175 Å². The summed E-state index contributed by atoms with van der Waals surface area (Å²) in [5.41, 5.74) is 36.5. The molecule has 0 saturated heterocycles. The number of benzene rings is 21. The van der Waals surface area contributed by atoms with Crippen LogP contribution in [0.1, 0.15) is 22.3 Å². The molecule has 0 aliphatic rings. The Morgan fingerprint density at radius 2 is 0.345 bits per heavy atom. The molecule has 0 unspecified atom stereocenters. The van der Waals surface area contributed by atoms with Gasteiger partial charge in [0.25, 0.3) is 0 Å². The van der Waals surface area contributed by atoms with Crippen molar-refractivity contribution in [1.82, 2.24) is 32.0 Å². The number of rotatable bonds is 8. The van der Waals surface area contributed by atoms with Gasteiger partial charge in [-0.25, -0.2) is 0 Å². The highest BCUT2D eigenvalue weighted by Gasteiger charge is 2.22. The lowest BCUT2D eigenvalue weighted by atomic mass is 10.0. The van der Waals surface area contributed by atoms with Crippen molar-refractivity contribution in [3.8, 4) is 56.4 Å². The molecule has 0 N–H and O–H groups in total. The van der Waals surface area contributed by atoms with Crippen LogP contribution in [-0.2, 0) is 7.05 Å². The number of aryl methyl sites for hydroxylation is 5. The highest BCUT2D eigenvalue weighted by Crippen LogP contribution is 2.44. The lowest BCUT2D eigenvalue weighted by Crippen LogP contribution is -1.94. The topological polar surface area (TPSA) is 47.6 Å². The SMILES string of the molecule is Cc1ccc2c(c1)c1cc(-c3ccc4c(c3)c3ccccc3n4-c3ccccc3)ccc1n2-c1ccccc1.Cc1ccc2c(c1)c1ccccc1n2-c1ccccc1.Cc1ccc2oc3ccc(-c4ccc5c(c4)c4ccccc4n5-c4ccccc4)cc3c2c1.Cc1cccc(-n2c3ccccc3c3ccccc32)c1.Cn1c2ccccc2c2cc(-n3c4ccccc4c4ccccc43)ccc21. The minimum atomic E-state index is 0.932. The Morgan fingerprint density at radius 1 is 0.137 bits per heavy atom. The molecule has 0 amide bonds. The van der Waals surface area contributed by atoms with E-state index in [0.29, 0.717) is 0 Å². The molecular weight excluding hydrogens is 1690 g/mol. The first-order valence-corrected chi connectivity index (χ1v) is 47.8. The summed E-state index contributed by atoms with van der Waals surface area (Å²) in [6, 6.07) is 174. The van der Waals surface area contributed by atoms with Crippen LogP contribution in [0.3, 0.4) is 0 Å². The summed E-state index contributed by atoms with van der Waals surface area (Å²) in [4.78, 5) is 0. The Hall–Kier alpha value is -18.0. The molecule has 8 nitrogen and oxygen atoms in total. The van der Waals surface area contributed by atoms with Gasteiger partial charge in [-0.2, -0.15) is 0 Å². The van der Waals surface area contributed by atoms with E-state index < -0.39 is 0 Å². The lowest BCUT2D eigenvalue weighted by molar-refractivity contribution is 0.669. The second-order valence-corrected chi connectivity index (χ2v) is 36.6. The highest BCUT2D eigenvalue weighted by molar-refractivity contribution is 6.17. The Balaban J connectivity index is 0.0000000941. The van der Waals surface area contributed by atoms with E-state index in [0.717, 1.165) is 16.6 Å². The van der Waals surface area contributed by atoms with E-state index in [-0.39, 0.29) is 0 Å². The molecule has 0 saturated carbocycles. The van der Waals surface area contributed by atoms with Crippen LogP contribution in [-0.4, -0.2) is 32.0 Å². The van der Waals surface area contributed by atoms with Gasteiger partial charge in [0.1, 0.15) is 11.2 Å². The molecule has 29 aromatic rings. The first-order valence-electron chi connectivity index (χ1n) is 47.8. The summed E-state index contributed by atoms with van der Waals surface area (Å²) >= 11 is 0. The molecular formula is C131H95N7O. The van der Waals surface area contributed by atoms with Gasteiger partial charge in [-0.05, 0) is 268 Å². The maximum atomic E-state index is 6.08. The molecule has 8 heteroatoms. The molecule has 139 heavy (non-hydrogen) atoms. The molecule has 0 aliphatic heterocycles. The van der Waals surface area contributed by atoms with Gasteiger partial charge in [-0.3, -0.25) is 0 Å². The van der Waals surface area contributed by atoms with E-state index in [2.05, 4.69) is 552 Å². The third-order valence-electron chi connectivity index (χ3n) is 28.0. The third kappa shape index (κ3) is 14.5. The third-order valence-corrected chi connectivity index (χ3v) is 28.0. The fourth-order valence-electron chi connectivity index (χ4n) is 21.7. The minimum absolute atomic E-state index is 0.932. The number of nitrogens with zero attached hydrogens (tertiary/aromatic N) is 7. The maximum Gasteiger partial charge on any atom is 0.135 e. The van der Waals surface area contributed by atoms with Gasteiger partial charge in [0.2, 0.25) is 0 Å².